The minimum atomic E-state index is -1.44. The molecule has 6 aromatic carbocycles. The minimum Gasteiger partial charge on any atom is -0.496 e. The summed E-state index contributed by atoms with van der Waals surface area (Å²) in [6.45, 7) is 60.0. The van der Waals surface area contributed by atoms with E-state index in [9.17, 15) is 0 Å². The van der Waals surface area contributed by atoms with Crippen LogP contribution in [0.3, 0.4) is 0 Å². The van der Waals surface area contributed by atoms with Gasteiger partial charge in [0.05, 0.1) is 40.6 Å². The van der Waals surface area contributed by atoms with Crippen molar-refractivity contribution in [3.05, 3.63) is 129 Å². The molecule has 7 rings (SSSR count). The highest BCUT2D eigenvalue weighted by Gasteiger charge is 2.40. The molecule has 2 atom stereocenters. The van der Waals surface area contributed by atoms with Crippen molar-refractivity contribution in [3.63, 3.8) is 0 Å². The van der Waals surface area contributed by atoms with Gasteiger partial charge in [0.2, 0.25) is 0 Å². The molecule has 0 saturated heterocycles. The van der Waals surface area contributed by atoms with Crippen LogP contribution in [0.4, 0.5) is 0 Å². The number of methoxy groups -OCH3 is 4. The summed E-state index contributed by atoms with van der Waals surface area (Å²) in [4.78, 5) is 0. The first-order valence-electron chi connectivity index (χ1n) is 31.0. The van der Waals surface area contributed by atoms with Gasteiger partial charge in [-0.15, -0.1) is 0 Å². The first kappa shape index (κ1) is 67.5. The number of fused-ring (bicyclic) bond motifs is 3. The second-order valence-electron chi connectivity index (χ2n) is 32.4. The number of ether oxygens (including phenoxy) is 6. The molecule has 462 valence electrons. The van der Waals surface area contributed by atoms with Gasteiger partial charge >= 0.3 is 0 Å². The third kappa shape index (κ3) is 14.0. The zero-order chi connectivity index (χ0) is 63.9. The van der Waals surface area contributed by atoms with Crippen LogP contribution in [0.5, 0.6) is 34.5 Å². The van der Waals surface area contributed by atoms with Gasteiger partial charge in [-0.1, -0.05) is 190 Å². The van der Waals surface area contributed by atoms with Crippen molar-refractivity contribution in [3.8, 4) is 45.6 Å². The first-order valence-corrected chi connectivity index (χ1v) is 33.7. The third-order valence-electron chi connectivity index (χ3n) is 16.7. The van der Waals surface area contributed by atoms with Gasteiger partial charge in [0.25, 0.3) is 0 Å². The topological polar surface area (TPSA) is 55.4 Å². The summed E-state index contributed by atoms with van der Waals surface area (Å²) in [7, 11) is 4.48. The van der Waals surface area contributed by atoms with Gasteiger partial charge in [-0.05, 0) is 166 Å². The molecule has 0 N–H and O–H groups in total. The smallest absolute Gasteiger partial charge is 0.128 e. The Morgan fingerprint density at radius 1 is 0.318 bits per heavy atom. The zero-order valence-corrected chi connectivity index (χ0v) is 60.1. The lowest BCUT2D eigenvalue weighted by Gasteiger charge is -2.35. The minimum absolute atomic E-state index is 0.160. The molecule has 0 radical (unpaired) electrons. The predicted octanol–water partition coefficient (Wildman–Crippen LogP) is 18.2. The van der Waals surface area contributed by atoms with E-state index in [4.69, 9.17) is 28.4 Å². The van der Waals surface area contributed by atoms with Crippen LogP contribution in [0.25, 0.3) is 11.1 Å². The predicted molar refractivity (Wildman–Crippen MR) is 370 cm³/mol. The molecule has 8 heteroatoms. The molecule has 0 aliphatic carbocycles. The summed E-state index contributed by atoms with van der Waals surface area (Å²) < 4.78 is 41.2. The van der Waals surface area contributed by atoms with Crippen LogP contribution in [-0.4, -0.2) is 40.6 Å². The van der Waals surface area contributed by atoms with E-state index in [-0.39, 0.29) is 55.5 Å². The van der Waals surface area contributed by atoms with Crippen molar-refractivity contribution in [2.24, 2.45) is 0 Å². The van der Waals surface area contributed by atoms with Gasteiger partial charge in [-0.25, -0.2) is 0 Å². The van der Waals surface area contributed by atoms with E-state index in [0.717, 1.165) is 45.6 Å². The normalized spacial score (nSPS) is 15.8. The highest BCUT2D eigenvalue weighted by atomic mass is 31.1. The summed E-state index contributed by atoms with van der Waals surface area (Å²) in [5.74, 6) is 5.49. The van der Waals surface area contributed by atoms with Crippen LogP contribution < -0.4 is 60.2 Å². The molecule has 1 aliphatic rings. The fraction of sp³-hybridized carbons (Fsp3) is 0.532. The summed E-state index contributed by atoms with van der Waals surface area (Å²) in [6.07, 6.45) is 0.380. The Morgan fingerprint density at radius 3 is 0.671 bits per heavy atom. The molecule has 6 nitrogen and oxygen atoms in total. The van der Waals surface area contributed by atoms with Crippen molar-refractivity contribution in [2.75, 3.05) is 28.4 Å². The molecular formula is C77H108O6P2. The number of hydrogen-bond acceptors (Lipinski definition) is 6. The summed E-state index contributed by atoms with van der Waals surface area (Å²) in [5.41, 5.74) is 9.48. The lowest BCUT2D eigenvalue weighted by Crippen LogP contribution is -2.31. The van der Waals surface area contributed by atoms with Gasteiger partial charge in [0.15, 0.2) is 0 Å². The standard InChI is InChI=1S/C77H108O6P2/c1-46-37-47(2)83-61-34-32-36-63(85(50-42-56(74(15,16)17)68(80-29)57(43-50)75(18,19)20)51-44-58(76(21,22)23)69(81-30)59(45-51)77(24,25)26)65(61)64-60(82-46)33-31-35-62(64)84(48-38-52(70(3,4)5)66(78-27)53(39-48)71(6,7)8)49-40-54(72(9,10)11)67(79-28)55(41-49)73(12,13)14/h31-36,38-47H,37H2,1-30H3/t46-,47-/m1/s1. The van der Waals surface area contributed by atoms with Gasteiger partial charge < -0.3 is 28.4 Å². The zero-order valence-electron chi connectivity index (χ0n) is 58.3. The lowest BCUT2D eigenvalue weighted by atomic mass is 9.79. The van der Waals surface area contributed by atoms with Crippen LogP contribution in [0, 0.1) is 0 Å². The Kier molecular flexibility index (Phi) is 18.9. The maximum atomic E-state index is 7.52. The first-order chi connectivity index (χ1) is 38.9. The average Bonchev–Trinajstić information content (AvgIpc) is 2.08. The molecule has 1 aliphatic heterocycles. The molecule has 85 heavy (non-hydrogen) atoms. The molecule has 1 heterocycles. The van der Waals surface area contributed by atoms with E-state index in [1.165, 1.54) is 76.3 Å². The summed E-state index contributed by atoms with van der Waals surface area (Å²) in [6, 6.07) is 33.6. The van der Waals surface area contributed by atoms with E-state index in [2.05, 4.69) is 265 Å². The quantitative estimate of drug-likeness (QED) is 0.127. The Morgan fingerprint density at radius 2 is 0.506 bits per heavy atom. The van der Waals surface area contributed by atoms with Crippen molar-refractivity contribution < 1.29 is 28.4 Å². The highest BCUT2D eigenvalue weighted by Crippen LogP contribution is 2.54. The number of hydrogen-bond donors (Lipinski definition) is 0. The number of rotatable bonds is 10. The molecule has 6 aromatic rings. The van der Waals surface area contributed by atoms with E-state index in [1.54, 1.807) is 0 Å². The van der Waals surface area contributed by atoms with Crippen molar-refractivity contribution >= 4 is 47.7 Å². The average molecular weight is 1190 g/mol. The van der Waals surface area contributed by atoms with Crippen LogP contribution in [0.2, 0.25) is 0 Å². The fourth-order valence-corrected chi connectivity index (χ4v) is 17.4. The van der Waals surface area contributed by atoms with Gasteiger partial charge in [-0.3, -0.25) is 0 Å². The maximum absolute atomic E-state index is 7.52. The van der Waals surface area contributed by atoms with Gasteiger partial charge in [-0.2, -0.15) is 0 Å². The van der Waals surface area contributed by atoms with Crippen molar-refractivity contribution in [2.45, 2.75) is 242 Å². The Hall–Kier alpha value is -5.02. The van der Waals surface area contributed by atoms with E-state index in [0.29, 0.717) is 6.42 Å². The van der Waals surface area contributed by atoms with Crippen LogP contribution in [0.15, 0.2) is 84.9 Å². The molecule has 0 amide bonds. The molecular weight excluding hydrogens is 1080 g/mol. The van der Waals surface area contributed by atoms with Gasteiger partial charge in [0.1, 0.15) is 34.5 Å². The maximum Gasteiger partial charge on any atom is 0.128 e. The van der Waals surface area contributed by atoms with Crippen LogP contribution in [0.1, 0.15) is 231 Å². The van der Waals surface area contributed by atoms with Crippen LogP contribution in [-0.2, 0) is 43.3 Å². The van der Waals surface area contributed by atoms with Crippen molar-refractivity contribution in [1.82, 2.24) is 0 Å². The molecule has 0 spiro atoms. The highest BCUT2D eigenvalue weighted by molar-refractivity contribution is 7.80. The molecule has 0 bridgehead atoms. The molecule has 0 fully saturated rings. The largest absolute Gasteiger partial charge is 0.496 e. The SMILES string of the molecule is COc1c(C(C)(C)C)cc(P(c2cc(C(C)(C)C)c(OC)c(C(C)(C)C)c2)c2cccc3c2-c2c(cccc2P(c2cc(C(C)(C)C)c(OC)c(C(C)(C)C)c2)c2cc(C(C)(C)C)c(OC)c(C(C)(C)C)c2)O[C@H](C)C[C@@H](C)O3)cc1C(C)(C)C. The fourth-order valence-electron chi connectivity index (χ4n) is 12.3. The van der Waals surface area contributed by atoms with E-state index < -0.39 is 15.8 Å². The molecule has 0 unspecified atom stereocenters. The molecule has 0 saturated carbocycles. The monoisotopic (exact) mass is 1190 g/mol. The Balaban J connectivity index is 1.84. The third-order valence-corrected chi connectivity index (χ3v) is 21.5. The lowest BCUT2D eigenvalue weighted by molar-refractivity contribution is 0.134. The second-order valence-corrected chi connectivity index (χ2v) is 36.7. The Labute approximate surface area is 518 Å². The van der Waals surface area contributed by atoms with E-state index >= 15 is 0 Å². The number of benzene rings is 6. The Bertz CT molecular complexity index is 2880. The van der Waals surface area contributed by atoms with Crippen molar-refractivity contribution in [1.29, 1.82) is 0 Å². The van der Waals surface area contributed by atoms with Crippen LogP contribution >= 0.6 is 15.8 Å². The van der Waals surface area contributed by atoms with Gasteiger partial charge in [0, 0.05) is 62.1 Å². The second kappa shape index (κ2) is 23.8. The summed E-state index contributed by atoms with van der Waals surface area (Å²) >= 11 is 0. The van der Waals surface area contributed by atoms with E-state index in [1.807, 2.05) is 28.4 Å². The molecule has 0 aromatic heterocycles. The summed E-state index contributed by atoms with van der Waals surface area (Å²) in [5, 5.41) is 7.35.